The molecule has 0 radical (unpaired) electrons. The number of carboxylic acids is 1. The number of alkyl halides is 3. The van der Waals surface area contributed by atoms with Gasteiger partial charge in [0.25, 0.3) is 0 Å². The van der Waals surface area contributed by atoms with Crippen molar-refractivity contribution in [2.24, 2.45) is 40.9 Å². The van der Waals surface area contributed by atoms with Crippen molar-refractivity contribution in [3.05, 3.63) is 12.2 Å². The van der Waals surface area contributed by atoms with Gasteiger partial charge < -0.3 is 44.3 Å². The Labute approximate surface area is 365 Å². The molecule has 18 atom stereocenters. The molecule has 1 aliphatic carbocycles. The number of aliphatic carboxylic acids is 1. The topological polar surface area (TPSA) is 170 Å². The number of carbonyl (C=O) groups excluding carboxylic acids is 2. The molecule has 1 amide bonds. The molecule has 6 rings (SSSR count). The minimum absolute atomic E-state index is 0.0603. The predicted molar refractivity (Wildman–Crippen MR) is 222 cm³/mol. The van der Waals surface area contributed by atoms with Gasteiger partial charge in [-0.05, 0) is 96.0 Å². The van der Waals surface area contributed by atoms with E-state index in [1.165, 1.54) is 0 Å². The van der Waals surface area contributed by atoms with Gasteiger partial charge in [-0.2, -0.15) is 13.2 Å². The maximum Gasteiger partial charge on any atom is 0.389 e. The fraction of sp³-hybridized carbons (Fsp3) is 0.894. The number of rotatable bonds is 14. The van der Waals surface area contributed by atoms with E-state index in [9.17, 15) is 42.9 Å². The average molecular weight is 886 g/mol. The molecule has 12 nitrogen and oxygen atoms in total. The lowest BCUT2D eigenvalue weighted by Gasteiger charge is -2.55. The molecule has 0 aromatic heterocycles. The van der Waals surface area contributed by atoms with Crippen LogP contribution < -0.4 is 5.32 Å². The first-order valence-electron chi connectivity index (χ1n) is 23.4. The van der Waals surface area contributed by atoms with Crippen molar-refractivity contribution in [3.63, 3.8) is 0 Å². The van der Waals surface area contributed by atoms with E-state index in [1.54, 1.807) is 19.1 Å². The van der Waals surface area contributed by atoms with Crippen LogP contribution in [-0.4, -0.2) is 104 Å². The maximum absolute atomic E-state index is 14.8. The molecule has 0 aromatic rings. The van der Waals surface area contributed by atoms with Crippen LogP contribution in [-0.2, 0) is 38.1 Å². The normalized spacial score (nSPS) is 45.1. The first-order valence-corrected chi connectivity index (χ1v) is 23.4. The first kappa shape index (κ1) is 49.3. The quantitative estimate of drug-likeness (QED) is 0.126. The summed E-state index contributed by atoms with van der Waals surface area (Å²) < 4.78 is 73.8. The van der Waals surface area contributed by atoms with Gasteiger partial charge in [0.2, 0.25) is 5.91 Å². The van der Waals surface area contributed by atoms with Crippen molar-refractivity contribution in [1.82, 2.24) is 5.32 Å². The second kappa shape index (κ2) is 17.6. The molecule has 5 heterocycles. The largest absolute Gasteiger partial charge is 0.481 e. The molecule has 15 heteroatoms. The van der Waals surface area contributed by atoms with Gasteiger partial charge in [0, 0.05) is 36.0 Å². The van der Waals surface area contributed by atoms with Crippen LogP contribution in [0.15, 0.2) is 12.2 Å². The molecular formula is C47H74F3NO11. The van der Waals surface area contributed by atoms with Crippen molar-refractivity contribution in [2.45, 2.75) is 224 Å². The molecule has 5 aliphatic heterocycles. The third-order valence-electron chi connectivity index (χ3n) is 16.7. The van der Waals surface area contributed by atoms with E-state index in [1.807, 2.05) is 55.4 Å². The number of ether oxygens (including phenoxy) is 5. The van der Waals surface area contributed by atoms with Gasteiger partial charge in [-0.15, -0.1) is 0 Å². The number of hydrogen-bond acceptors (Lipinski definition) is 10. The summed E-state index contributed by atoms with van der Waals surface area (Å²) in [4.78, 5) is 40.0. The summed E-state index contributed by atoms with van der Waals surface area (Å²) in [5.74, 6) is -7.32. The third-order valence-corrected chi connectivity index (χ3v) is 16.7. The van der Waals surface area contributed by atoms with E-state index in [4.69, 9.17) is 23.7 Å². The minimum atomic E-state index is -4.52. The predicted octanol–water partition coefficient (Wildman–Crippen LogP) is 7.80. The number of nitrogens with one attached hydrogen (secondary N) is 1. The van der Waals surface area contributed by atoms with Crippen LogP contribution in [0.2, 0.25) is 0 Å². The lowest BCUT2D eigenvalue weighted by molar-refractivity contribution is -0.398. The Hall–Kier alpha value is -2.14. The summed E-state index contributed by atoms with van der Waals surface area (Å²) >= 11 is 0. The number of carboxylic acid groups (broad SMARTS) is 1. The van der Waals surface area contributed by atoms with E-state index >= 15 is 0 Å². The van der Waals surface area contributed by atoms with Crippen molar-refractivity contribution < 1.29 is 66.6 Å². The summed E-state index contributed by atoms with van der Waals surface area (Å²) in [6.07, 6.45) is -0.832. The standard InChI is InChI=1S/C47H74F3NO11/c1-11-31(40(55)56)33-15-14-27(5)44(59-33)25-41(44,9)39(54)29(7)37(53)32(12-2)38-26(4)24-28(6)45(60-38)20-16-34(51-36(52)18-21-47(48,49)50)46(62-45)23-22-42(10,61-46)35-17-19-43(57,13-3)30(8)58-35/h16,20,26-35,38-39,54,57H,11-15,17-19,21-25H2,1-10H3,(H,51,52)(H,55,56)/t26-,27-,28+,29+,30-,31+,32?,33+,34?,35+,38-,39+,41?,42-,43+,44+,45-,46-/m0/s1. The van der Waals surface area contributed by atoms with Crippen LogP contribution in [0.5, 0.6) is 0 Å². The van der Waals surface area contributed by atoms with Gasteiger partial charge >= 0.3 is 12.1 Å². The number of ketones is 1. The van der Waals surface area contributed by atoms with Gasteiger partial charge in [-0.1, -0.05) is 61.5 Å². The summed E-state index contributed by atoms with van der Waals surface area (Å²) in [6, 6.07) is -0.977. The highest BCUT2D eigenvalue weighted by Crippen LogP contribution is 2.68. The molecule has 4 saturated heterocycles. The third kappa shape index (κ3) is 8.79. The smallest absolute Gasteiger partial charge is 0.389 e. The lowest BCUT2D eigenvalue weighted by atomic mass is 9.72. The van der Waals surface area contributed by atoms with Gasteiger partial charge in [0.1, 0.15) is 11.8 Å². The van der Waals surface area contributed by atoms with Crippen LogP contribution in [0.25, 0.3) is 0 Å². The Morgan fingerprint density at radius 3 is 2.19 bits per heavy atom. The molecule has 0 aromatic carbocycles. The molecule has 0 bridgehead atoms. The van der Waals surface area contributed by atoms with E-state index in [0.29, 0.717) is 57.8 Å². The minimum Gasteiger partial charge on any atom is -0.481 e. The molecule has 3 spiro atoms. The Morgan fingerprint density at radius 2 is 1.60 bits per heavy atom. The Balaban J connectivity index is 1.25. The van der Waals surface area contributed by atoms with Gasteiger partial charge in [-0.3, -0.25) is 14.4 Å². The highest BCUT2D eigenvalue weighted by atomic mass is 19.4. The fourth-order valence-corrected chi connectivity index (χ4v) is 12.3. The van der Waals surface area contributed by atoms with E-state index in [-0.39, 0.29) is 30.0 Å². The number of hydrogen-bond donors (Lipinski definition) is 4. The molecule has 6 aliphatic rings. The van der Waals surface area contributed by atoms with Gasteiger partial charge in [0.15, 0.2) is 11.6 Å². The molecular weight excluding hydrogens is 812 g/mol. The summed E-state index contributed by atoms with van der Waals surface area (Å²) in [5, 5.41) is 35.9. The zero-order valence-corrected chi connectivity index (χ0v) is 38.5. The Bertz CT molecular complexity index is 1700. The van der Waals surface area contributed by atoms with Gasteiger partial charge in [-0.25, -0.2) is 0 Å². The average Bonchev–Trinajstić information content (AvgIpc) is 3.66. The summed E-state index contributed by atoms with van der Waals surface area (Å²) in [7, 11) is 0. The highest BCUT2D eigenvalue weighted by Gasteiger charge is 2.74. The highest BCUT2D eigenvalue weighted by molar-refractivity contribution is 5.84. The van der Waals surface area contributed by atoms with Crippen LogP contribution in [0.1, 0.15) is 153 Å². The second-order valence-electron chi connectivity index (χ2n) is 20.7. The molecule has 5 fully saturated rings. The summed E-state index contributed by atoms with van der Waals surface area (Å²) in [6.45, 7) is 19.2. The van der Waals surface area contributed by atoms with Crippen molar-refractivity contribution in [3.8, 4) is 0 Å². The summed E-state index contributed by atoms with van der Waals surface area (Å²) in [5.41, 5.74) is -3.46. The molecule has 62 heavy (non-hydrogen) atoms. The number of aliphatic hydroxyl groups is 2. The monoisotopic (exact) mass is 886 g/mol. The second-order valence-corrected chi connectivity index (χ2v) is 20.7. The van der Waals surface area contributed by atoms with Crippen molar-refractivity contribution >= 4 is 17.7 Å². The van der Waals surface area contributed by atoms with Crippen LogP contribution in [0.4, 0.5) is 13.2 Å². The van der Waals surface area contributed by atoms with Crippen LogP contribution in [0.3, 0.4) is 0 Å². The molecule has 4 N–H and O–H groups in total. The van der Waals surface area contributed by atoms with Gasteiger partial charge in [0.05, 0.1) is 59.7 Å². The molecule has 3 unspecified atom stereocenters. The Morgan fingerprint density at radius 1 is 0.919 bits per heavy atom. The zero-order chi connectivity index (χ0) is 46.0. The first-order chi connectivity index (χ1) is 28.8. The Kier molecular flexibility index (Phi) is 14.0. The number of aliphatic hydroxyl groups excluding tert-OH is 1. The van der Waals surface area contributed by atoms with Crippen molar-refractivity contribution in [1.29, 1.82) is 0 Å². The van der Waals surface area contributed by atoms with E-state index in [0.717, 1.165) is 6.42 Å². The van der Waals surface area contributed by atoms with Crippen molar-refractivity contribution in [2.75, 3.05) is 0 Å². The van der Waals surface area contributed by atoms with Crippen LogP contribution in [0, 0.1) is 40.9 Å². The van der Waals surface area contributed by atoms with Crippen LogP contribution >= 0.6 is 0 Å². The maximum atomic E-state index is 14.8. The van der Waals surface area contributed by atoms with E-state index in [2.05, 4.69) is 12.2 Å². The molecule has 354 valence electrons. The number of Topliss-reactive ketones (excluding diaryl/α,β-unsaturated/α-hetero) is 1. The number of halogens is 3. The lowest BCUT2D eigenvalue weighted by Crippen LogP contribution is -2.65. The number of carbonyl (C=O) groups is 3. The number of amides is 1. The zero-order valence-electron chi connectivity index (χ0n) is 38.5. The molecule has 1 saturated carbocycles. The SMILES string of the molecule is CCC(C(=O)[C@@H](C)[C@@H](O)C1(C)C[C@]12O[C@@H]([C@@H](CC)C(=O)O)CC[C@@H]2C)[C@H]1O[C@]2(C=CC(NC(=O)CCC(F)(F)F)[C@]3(CC[C@@](C)([C@H]4CC[C@](O)(CC)[C@H](C)O4)O3)O2)[C@H](C)C[C@@H]1C. The van der Waals surface area contributed by atoms with E-state index < -0.39 is 119 Å². The fourth-order valence-electron chi connectivity index (χ4n) is 12.3.